The zero-order chi connectivity index (χ0) is 29.9. The average molecular weight is 585 g/mol. The maximum absolute atomic E-state index is 13.8. The van der Waals surface area contributed by atoms with Crippen molar-refractivity contribution < 1.29 is 32.7 Å². The molecule has 3 atom stereocenters. The number of amides is 4. The highest BCUT2D eigenvalue weighted by Gasteiger charge is 2.35. The number of halogens is 2. The molecular formula is C31H38F2N4O5. The number of nitrogens with zero attached hydrogens (tertiary/aromatic N) is 1. The van der Waals surface area contributed by atoms with Crippen LogP contribution >= 0.6 is 0 Å². The van der Waals surface area contributed by atoms with Crippen molar-refractivity contribution >= 4 is 23.6 Å². The molecule has 1 fully saturated rings. The minimum atomic E-state index is -2.73. The Labute approximate surface area is 244 Å². The van der Waals surface area contributed by atoms with Crippen LogP contribution in [0.3, 0.4) is 0 Å². The van der Waals surface area contributed by atoms with Crippen molar-refractivity contribution in [3.8, 4) is 5.75 Å². The molecule has 9 nitrogen and oxygen atoms in total. The molecule has 0 radical (unpaired) electrons. The number of ether oxygens (including phenoxy) is 1. The Kier molecular flexibility index (Phi) is 11.2. The third kappa shape index (κ3) is 8.99. The molecule has 42 heavy (non-hydrogen) atoms. The molecule has 1 saturated heterocycles. The fraction of sp³-hybridized carbons (Fsp3) is 0.484. The van der Waals surface area contributed by atoms with E-state index < -0.39 is 48.8 Å². The van der Waals surface area contributed by atoms with E-state index in [0.29, 0.717) is 51.0 Å². The SMILES string of the molecule is O=C(NCC(F)F)[C@@H]1CCCCOc2cccc(c2)C[C@H](N2CCCC2=O)C(=O)N[C@@H](CCc2ccccc2)C(=O)N1. The molecule has 226 valence electrons. The molecule has 0 aromatic heterocycles. The van der Waals surface area contributed by atoms with Crippen LogP contribution in [-0.4, -0.2) is 72.8 Å². The fourth-order valence-corrected chi connectivity index (χ4v) is 5.30. The second-order valence-electron chi connectivity index (χ2n) is 10.7. The van der Waals surface area contributed by atoms with E-state index in [9.17, 15) is 28.0 Å². The van der Waals surface area contributed by atoms with Crippen molar-refractivity contribution in [2.75, 3.05) is 19.7 Å². The molecule has 0 saturated carbocycles. The van der Waals surface area contributed by atoms with Crippen LogP contribution < -0.4 is 20.7 Å². The van der Waals surface area contributed by atoms with E-state index in [4.69, 9.17) is 4.74 Å². The summed E-state index contributed by atoms with van der Waals surface area (Å²) >= 11 is 0. The molecular weight excluding hydrogens is 546 g/mol. The van der Waals surface area contributed by atoms with Crippen molar-refractivity contribution in [3.63, 3.8) is 0 Å². The van der Waals surface area contributed by atoms with Gasteiger partial charge in [-0.25, -0.2) is 8.78 Å². The zero-order valence-electron chi connectivity index (χ0n) is 23.5. The van der Waals surface area contributed by atoms with Gasteiger partial charge in [-0.15, -0.1) is 0 Å². The van der Waals surface area contributed by atoms with Crippen molar-refractivity contribution in [1.82, 2.24) is 20.9 Å². The highest BCUT2D eigenvalue weighted by Crippen LogP contribution is 2.21. The summed E-state index contributed by atoms with van der Waals surface area (Å²) in [6.07, 6.45) is 0.451. The number of hydrogen-bond acceptors (Lipinski definition) is 5. The van der Waals surface area contributed by atoms with Crippen LogP contribution in [0.15, 0.2) is 54.6 Å². The van der Waals surface area contributed by atoms with Gasteiger partial charge in [-0.05, 0) is 61.8 Å². The summed E-state index contributed by atoms with van der Waals surface area (Å²) in [5.41, 5.74) is 1.78. The first kappa shape index (κ1) is 30.9. The van der Waals surface area contributed by atoms with Crippen LogP contribution in [0.5, 0.6) is 5.75 Å². The van der Waals surface area contributed by atoms with Crippen LogP contribution in [0, 0.1) is 0 Å². The Morgan fingerprint density at radius 2 is 1.81 bits per heavy atom. The van der Waals surface area contributed by atoms with Gasteiger partial charge >= 0.3 is 0 Å². The molecule has 2 aliphatic heterocycles. The van der Waals surface area contributed by atoms with Crippen molar-refractivity contribution in [1.29, 1.82) is 0 Å². The number of alkyl halides is 2. The van der Waals surface area contributed by atoms with Crippen molar-refractivity contribution in [3.05, 3.63) is 65.7 Å². The maximum Gasteiger partial charge on any atom is 0.255 e. The van der Waals surface area contributed by atoms with Gasteiger partial charge in [-0.2, -0.15) is 0 Å². The number of carbonyl (C=O) groups excluding carboxylic acids is 4. The highest BCUT2D eigenvalue weighted by atomic mass is 19.3. The van der Waals surface area contributed by atoms with E-state index >= 15 is 0 Å². The second-order valence-corrected chi connectivity index (χ2v) is 10.7. The predicted octanol–water partition coefficient (Wildman–Crippen LogP) is 2.77. The van der Waals surface area contributed by atoms with Gasteiger partial charge in [0.25, 0.3) is 6.43 Å². The molecule has 2 bridgehead atoms. The average Bonchev–Trinajstić information content (AvgIpc) is 3.41. The second kappa shape index (κ2) is 15.3. The quantitative estimate of drug-likeness (QED) is 0.463. The summed E-state index contributed by atoms with van der Waals surface area (Å²) in [5.74, 6) is -1.29. The van der Waals surface area contributed by atoms with Crippen molar-refractivity contribution in [2.45, 2.75) is 75.9 Å². The minimum absolute atomic E-state index is 0.127. The first-order chi connectivity index (χ1) is 20.3. The summed E-state index contributed by atoms with van der Waals surface area (Å²) in [4.78, 5) is 54.5. The van der Waals surface area contributed by atoms with E-state index in [2.05, 4.69) is 16.0 Å². The predicted molar refractivity (Wildman–Crippen MR) is 152 cm³/mol. The Bertz CT molecular complexity index is 1230. The zero-order valence-corrected chi connectivity index (χ0v) is 23.5. The lowest BCUT2D eigenvalue weighted by atomic mass is 10.0. The molecule has 2 aromatic rings. The van der Waals surface area contributed by atoms with E-state index in [1.807, 2.05) is 54.6 Å². The van der Waals surface area contributed by atoms with Gasteiger partial charge in [0, 0.05) is 19.4 Å². The van der Waals surface area contributed by atoms with Gasteiger partial charge in [0.1, 0.15) is 23.9 Å². The molecule has 4 rings (SSSR count). The number of hydrogen-bond donors (Lipinski definition) is 3. The topological polar surface area (TPSA) is 117 Å². The summed E-state index contributed by atoms with van der Waals surface area (Å²) < 4.78 is 31.5. The molecule has 11 heteroatoms. The third-order valence-electron chi connectivity index (χ3n) is 7.53. The number of carbonyl (C=O) groups is 4. The molecule has 4 amide bonds. The summed E-state index contributed by atoms with van der Waals surface area (Å²) in [6, 6.07) is 13.9. The van der Waals surface area contributed by atoms with Crippen LogP contribution in [0.25, 0.3) is 0 Å². The Morgan fingerprint density at radius 3 is 2.55 bits per heavy atom. The molecule has 2 aromatic carbocycles. The highest BCUT2D eigenvalue weighted by molar-refractivity contribution is 5.94. The van der Waals surface area contributed by atoms with E-state index in [1.165, 1.54) is 0 Å². The molecule has 3 N–H and O–H groups in total. The van der Waals surface area contributed by atoms with Crippen molar-refractivity contribution in [2.24, 2.45) is 0 Å². The van der Waals surface area contributed by atoms with E-state index in [1.54, 1.807) is 4.90 Å². The summed E-state index contributed by atoms with van der Waals surface area (Å²) in [5, 5.41) is 7.75. The van der Waals surface area contributed by atoms with Crippen LogP contribution in [0.1, 0.15) is 49.7 Å². The van der Waals surface area contributed by atoms with E-state index in [-0.39, 0.29) is 25.2 Å². The smallest absolute Gasteiger partial charge is 0.255 e. The number of nitrogens with one attached hydrogen (secondary N) is 3. The molecule has 2 aliphatic rings. The largest absolute Gasteiger partial charge is 0.494 e. The van der Waals surface area contributed by atoms with Gasteiger partial charge in [-0.3, -0.25) is 19.2 Å². The standard InChI is InChI=1S/C31H38F2N4O5/c32-27(33)20-34-29(39)24-12-4-5-17-42-23-11-6-10-22(18-23)19-26(37-16-7-13-28(37)38)31(41)36-25(30(40)35-24)15-14-21-8-2-1-3-9-21/h1-3,6,8-11,18,24-27H,4-5,7,12-17,19-20H2,(H,34,39)(H,35,40)(H,36,41)/t24-,25-,26-/m0/s1. The molecule has 0 unspecified atom stereocenters. The lowest BCUT2D eigenvalue weighted by Crippen LogP contribution is -2.57. The van der Waals surface area contributed by atoms with Gasteiger partial charge in [0.2, 0.25) is 23.6 Å². The number of likely N-dealkylation sites (tertiary alicyclic amines) is 1. The third-order valence-corrected chi connectivity index (χ3v) is 7.53. The van der Waals surface area contributed by atoms with Gasteiger partial charge in [0.05, 0.1) is 13.2 Å². The lowest BCUT2D eigenvalue weighted by Gasteiger charge is -2.30. The van der Waals surface area contributed by atoms with Crippen LogP contribution in [0.4, 0.5) is 8.78 Å². The normalized spacial score (nSPS) is 22.3. The number of rotatable bonds is 7. The maximum atomic E-state index is 13.8. The molecule has 0 aliphatic carbocycles. The van der Waals surface area contributed by atoms with Gasteiger partial charge in [0.15, 0.2) is 0 Å². The fourth-order valence-electron chi connectivity index (χ4n) is 5.30. The lowest BCUT2D eigenvalue weighted by molar-refractivity contribution is -0.139. The van der Waals surface area contributed by atoms with Gasteiger partial charge < -0.3 is 25.6 Å². The summed E-state index contributed by atoms with van der Waals surface area (Å²) in [6.45, 7) is -0.0538. The Balaban J connectivity index is 1.62. The summed E-state index contributed by atoms with van der Waals surface area (Å²) in [7, 11) is 0. The Morgan fingerprint density at radius 1 is 1.00 bits per heavy atom. The first-order valence-corrected chi connectivity index (χ1v) is 14.5. The first-order valence-electron chi connectivity index (χ1n) is 14.5. The molecule has 2 heterocycles. The molecule has 0 spiro atoms. The van der Waals surface area contributed by atoms with Crippen LogP contribution in [-0.2, 0) is 32.0 Å². The monoisotopic (exact) mass is 584 g/mol. The Hall–Kier alpha value is -4.02. The number of benzene rings is 2. The number of fused-ring (bicyclic) bond motifs is 2. The van der Waals surface area contributed by atoms with Crippen LogP contribution in [0.2, 0.25) is 0 Å². The van der Waals surface area contributed by atoms with E-state index in [0.717, 1.165) is 11.1 Å². The minimum Gasteiger partial charge on any atom is -0.494 e. The number of aryl methyl sites for hydroxylation is 1. The van der Waals surface area contributed by atoms with Gasteiger partial charge in [-0.1, -0.05) is 42.5 Å².